The van der Waals surface area contributed by atoms with E-state index in [2.05, 4.69) is 10.1 Å². The van der Waals surface area contributed by atoms with E-state index < -0.39 is 23.6 Å². The zero-order chi connectivity index (χ0) is 18.4. The van der Waals surface area contributed by atoms with Gasteiger partial charge in [0.15, 0.2) is 0 Å². The summed E-state index contributed by atoms with van der Waals surface area (Å²) in [5.74, 6) is -1.01. The maximum Gasteiger partial charge on any atom is 0.573 e. The molecule has 3 rings (SSSR count). The number of nitrogens with two attached hydrogens (primary N) is 1. The lowest BCUT2D eigenvalue weighted by Crippen LogP contribution is -2.56. The molecule has 2 aromatic carbocycles. The summed E-state index contributed by atoms with van der Waals surface area (Å²) >= 11 is 11.7. The second-order valence-electron chi connectivity index (χ2n) is 5.63. The molecule has 0 heterocycles. The Kier molecular flexibility index (Phi) is 4.35. The number of rotatable bonds is 3. The van der Waals surface area contributed by atoms with E-state index in [-0.39, 0.29) is 12.0 Å². The van der Waals surface area contributed by atoms with E-state index in [1.54, 1.807) is 0 Å². The molecule has 3 N–H and O–H groups in total. The summed E-state index contributed by atoms with van der Waals surface area (Å²) < 4.78 is 40.9. The van der Waals surface area contributed by atoms with Gasteiger partial charge in [0.1, 0.15) is 11.3 Å². The average molecular weight is 391 g/mol. The maximum atomic E-state index is 12.5. The normalized spacial score (nSPS) is 19.0. The minimum atomic E-state index is -4.82. The molecule has 1 aliphatic carbocycles. The molecule has 1 atom stereocenters. The first-order chi connectivity index (χ1) is 11.6. The fourth-order valence-electron chi connectivity index (χ4n) is 2.68. The van der Waals surface area contributed by atoms with E-state index in [4.69, 9.17) is 28.9 Å². The number of carbonyl (C=O) groups excluding carboxylic acids is 1. The zero-order valence-electron chi connectivity index (χ0n) is 12.5. The Morgan fingerprint density at radius 3 is 2.40 bits per heavy atom. The van der Waals surface area contributed by atoms with Crippen molar-refractivity contribution >= 4 is 34.8 Å². The van der Waals surface area contributed by atoms with Crippen LogP contribution in [-0.2, 0) is 16.8 Å². The number of anilines is 1. The molecule has 0 saturated heterocycles. The molecule has 0 bridgehead atoms. The predicted molar refractivity (Wildman–Crippen MR) is 87.8 cm³/mol. The lowest BCUT2D eigenvalue weighted by molar-refractivity contribution is -0.274. The van der Waals surface area contributed by atoms with Crippen LogP contribution >= 0.6 is 23.2 Å². The Morgan fingerprint density at radius 2 is 1.80 bits per heavy atom. The highest BCUT2D eigenvalue weighted by molar-refractivity contribution is 6.35. The van der Waals surface area contributed by atoms with Gasteiger partial charge in [-0.2, -0.15) is 0 Å². The number of amides is 1. The summed E-state index contributed by atoms with van der Waals surface area (Å²) in [5, 5.41) is 3.22. The predicted octanol–water partition coefficient (Wildman–Crippen LogP) is 4.24. The minimum absolute atomic E-state index is 0.189. The van der Waals surface area contributed by atoms with Crippen LogP contribution in [0.2, 0.25) is 10.0 Å². The van der Waals surface area contributed by atoms with Gasteiger partial charge in [0.2, 0.25) is 5.91 Å². The van der Waals surface area contributed by atoms with Gasteiger partial charge in [0, 0.05) is 22.2 Å². The summed E-state index contributed by atoms with van der Waals surface area (Å²) in [6.45, 7) is 0. The van der Waals surface area contributed by atoms with Crippen LogP contribution in [0.3, 0.4) is 0 Å². The summed E-state index contributed by atoms with van der Waals surface area (Å²) in [4.78, 5) is 12.5. The smallest absolute Gasteiger partial charge is 0.406 e. The highest BCUT2D eigenvalue weighted by Crippen LogP contribution is 2.41. The van der Waals surface area contributed by atoms with Crippen molar-refractivity contribution in [2.24, 2.45) is 5.73 Å². The average Bonchev–Trinajstić information content (AvgIpc) is 2.45. The lowest BCUT2D eigenvalue weighted by atomic mass is 9.70. The number of carbonyl (C=O) groups is 1. The molecule has 0 fully saturated rings. The van der Waals surface area contributed by atoms with E-state index in [9.17, 15) is 18.0 Å². The molecule has 1 amide bonds. The maximum absolute atomic E-state index is 12.5. The van der Waals surface area contributed by atoms with Crippen molar-refractivity contribution < 1.29 is 22.7 Å². The molecule has 0 aromatic heterocycles. The standard InChI is InChI=1S/C16H11Cl2F3N2O2/c17-9-3-10(18)5-11(4-9)23-14(24)15(22)7-8-1-2-12(6-13(8)15)25-16(19,20)21/h1-6H,7,22H2,(H,23,24)/t15-/m0/s1. The molecule has 0 radical (unpaired) electrons. The second-order valence-corrected chi connectivity index (χ2v) is 6.50. The van der Waals surface area contributed by atoms with E-state index in [0.29, 0.717) is 21.3 Å². The van der Waals surface area contributed by atoms with Crippen molar-refractivity contribution in [1.29, 1.82) is 0 Å². The third kappa shape index (κ3) is 3.68. The van der Waals surface area contributed by atoms with E-state index in [1.807, 2.05) is 0 Å². The topological polar surface area (TPSA) is 64.4 Å². The van der Waals surface area contributed by atoms with Crippen LogP contribution in [-0.4, -0.2) is 12.3 Å². The number of ether oxygens (including phenoxy) is 1. The summed E-state index contributed by atoms with van der Waals surface area (Å²) in [6.07, 6.45) is -4.64. The zero-order valence-corrected chi connectivity index (χ0v) is 14.0. The first-order valence-electron chi connectivity index (χ1n) is 7.02. The third-order valence-corrected chi connectivity index (χ3v) is 4.23. The summed E-state index contributed by atoms with van der Waals surface area (Å²) in [5.41, 5.74) is 5.93. The van der Waals surface area contributed by atoms with Crippen LogP contribution in [0.15, 0.2) is 36.4 Å². The molecule has 2 aromatic rings. The van der Waals surface area contributed by atoms with Crippen molar-refractivity contribution in [2.45, 2.75) is 18.3 Å². The van der Waals surface area contributed by atoms with E-state index >= 15 is 0 Å². The van der Waals surface area contributed by atoms with Crippen LogP contribution in [0.5, 0.6) is 5.75 Å². The number of benzene rings is 2. The molecule has 9 heteroatoms. The molecule has 0 spiro atoms. The Labute approximate surface area is 150 Å². The van der Waals surface area contributed by atoms with Crippen LogP contribution in [0.25, 0.3) is 0 Å². The van der Waals surface area contributed by atoms with Crippen molar-refractivity contribution in [2.75, 3.05) is 5.32 Å². The number of hydrogen-bond donors (Lipinski definition) is 2. The molecule has 4 nitrogen and oxygen atoms in total. The van der Waals surface area contributed by atoms with Crippen LogP contribution in [0.1, 0.15) is 11.1 Å². The first kappa shape index (κ1) is 17.8. The third-order valence-electron chi connectivity index (χ3n) is 3.79. The Hall–Kier alpha value is -1.96. The molecular formula is C16H11Cl2F3N2O2. The highest BCUT2D eigenvalue weighted by atomic mass is 35.5. The number of nitrogens with one attached hydrogen (secondary N) is 1. The van der Waals surface area contributed by atoms with E-state index in [1.165, 1.54) is 30.3 Å². The fourth-order valence-corrected chi connectivity index (χ4v) is 3.21. The van der Waals surface area contributed by atoms with Gasteiger partial charge < -0.3 is 15.8 Å². The monoisotopic (exact) mass is 390 g/mol. The van der Waals surface area contributed by atoms with Gasteiger partial charge in [-0.3, -0.25) is 4.79 Å². The van der Waals surface area contributed by atoms with E-state index in [0.717, 1.165) is 6.07 Å². The van der Waals surface area contributed by atoms with Gasteiger partial charge in [-0.25, -0.2) is 0 Å². The number of alkyl halides is 3. The number of halogens is 5. The van der Waals surface area contributed by atoms with Crippen molar-refractivity contribution in [3.8, 4) is 5.75 Å². The summed E-state index contributed by atoms with van der Waals surface area (Å²) in [6, 6.07) is 8.22. The van der Waals surface area contributed by atoms with Crippen LogP contribution < -0.4 is 15.8 Å². The molecule has 132 valence electrons. The molecular weight excluding hydrogens is 380 g/mol. The Bertz CT molecular complexity index is 838. The molecule has 25 heavy (non-hydrogen) atoms. The number of fused-ring (bicyclic) bond motifs is 1. The van der Waals surface area contributed by atoms with Gasteiger partial charge in [-0.1, -0.05) is 29.3 Å². The Balaban J connectivity index is 1.83. The van der Waals surface area contributed by atoms with Crippen molar-refractivity contribution in [3.63, 3.8) is 0 Å². The van der Waals surface area contributed by atoms with Gasteiger partial charge >= 0.3 is 6.36 Å². The van der Waals surface area contributed by atoms with Gasteiger partial charge in [0.25, 0.3) is 0 Å². The fraction of sp³-hybridized carbons (Fsp3) is 0.188. The minimum Gasteiger partial charge on any atom is -0.406 e. The molecule has 0 saturated carbocycles. The highest BCUT2D eigenvalue weighted by Gasteiger charge is 2.46. The van der Waals surface area contributed by atoms with Gasteiger partial charge in [-0.15, -0.1) is 13.2 Å². The van der Waals surface area contributed by atoms with Crippen LogP contribution in [0.4, 0.5) is 18.9 Å². The molecule has 1 aliphatic rings. The number of hydrogen-bond acceptors (Lipinski definition) is 3. The lowest BCUT2D eigenvalue weighted by Gasteiger charge is -2.39. The SMILES string of the molecule is N[C@@]1(C(=O)Nc2cc(Cl)cc(Cl)c2)Cc2ccc(OC(F)(F)F)cc21. The van der Waals surface area contributed by atoms with Crippen molar-refractivity contribution in [3.05, 3.63) is 57.6 Å². The first-order valence-corrected chi connectivity index (χ1v) is 7.78. The molecule has 0 aliphatic heterocycles. The van der Waals surface area contributed by atoms with Gasteiger partial charge in [-0.05, 0) is 41.5 Å². The summed E-state index contributed by atoms with van der Waals surface area (Å²) in [7, 11) is 0. The van der Waals surface area contributed by atoms with Gasteiger partial charge in [0.05, 0.1) is 0 Å². The Morgan fingerprint density at radius 1 is 1.16 bits per heavy atom. The van der Waals surface area contributed by atoms with Crippen LogP contribution in [0, 0.1) is 0 Å². The largest absolute Gasteiger partial charge is 0.573 e. The van der Waals surface area contributed by atoms with Crippen molar-refractivity contribution in [1.82, 2.24) is 0 Å². The second kappa shape index (κ2) is 6.09. The quantitative estimate of drug-likeness (QED) is 0.823. The molecule has 0 unspecified atom stereocenters.